The first-order chi connectivity index (χ1) is 7.20. The molecule has 0 bridgehead atoms. The van der Waals surface area contributed by atoms with Crippen LogP contribution in [0.2, 0.25) is 0 Å². The number of nitrogen functional groups attached to an aromatic ring is 1. The summed E-state index contributed by atoms with van der Waals surface area (Å²) in [6.07, 6.45) is 0. The zero-order chi connectivity index (χ0) is 10.8. The Balaban J connectivity index is 2.55. The molecule has 0 radical (unpaired) electrons. The molecule has 0 spiro atoms. The number of aromatic nitrogens is 4. The molecule has 5 heteroatoms. The molecular formula is C10H13N5. The molecule has 1 aromatic heterocycles. The highest BCUT2D eigenvalue weighted by Gasteiger charge is 2.12. The second-order valence-electron chi connectivity index (χ2n) is 3.63. The Hall–Kier alpha value is -1.91. The van der Waals surface area contributed by atoms with Gasteiger partial charge in [-0.25, -0.2) is 4.68 Å². The van der Waals surface area contributed by atoms with Crippen LogP contribution in [-0.2, 0) is 0 Å². The van der Waals surface area contributed by atoms with Gasteiger partial charge in [0.15, 0.2) is 5.82 Å². The lowest BCUT2D eigenvalue weighted by molar-refractivity contribution is 0.519. The van der Waals surface area contributed by atoms with Gasteiger partial charge in [0.1, 0.15) is 0 Å². The fourth-order valence-corrected chi connectivity index (χ4v) is 1.42. The van der Waals surface area contributed by atoms with Crippen molar-refractivity contribution in [3.63, 3.8) is 0 Å². The molecule has 0 fully saturated rings. The molecule has 0 amide bonds. The van der Waals surface area contributed by atoms with E-state index in [-0.39, 0.29) is 6.04 Å². The minimum Gasteiger partial charge on any atom is -0.398 e. The third kappa shape index (κ3) is 1.68. The maximum atomic E-state index is 5.87. The maximum absolute atomic E-state index is 5.87. The van der Waals surface area contributed by atoms with E-state index in [9.17, 15) is 0 Å². The van der Waals surface area contributed by atoms with Crippen molar-refractivity contribution in [3.05, 3.63) is 24.3 Å². The first-order valence-corrected chi connectivity index (χ1v) is 4.83. The van der Waals surface area contributed by atoms with E-state index >= 15 is 0 Å². The van der Waals surface area contributed by atoms with Gasteiger partial charge in [-0.05, 0) is 36.4 Å². The molecule has 2 rings (SSSR count). The molecule has 0 unspecified atom stereocenters. The van der Waals surface area contributed by atoms with Gasteiger partial charge in [0.25, 0.3) is 0 Å². The third-order valence-electron chi connectivity index (χ3n) is 2.18. The molecule has 2 N–H and O–H groups in total. The summed E-state index contributed by atoms with van der Waals surface area (Å²) in [6.45, 7) is 4.05. The molecule has 2 aromatic rings. The lowest BCUT2D eigenvalue weighted by Crippen LogP contribution is -2.06. The van der Waals surface area contributed by atoms with Gasteiger partial charge in [0, 0.05) is 11.3 Å². The van der Waals surface area contributed by atoms with E-state index in [1.807, 2.05) is 38.1 Å². The van der Waals surface area contributed by atoms with E-state index in [2.05, 4.69) is 15.5 Å². The van der Waals surface area contributed by atoms with Crippen LogP contribution < -0.4 is 5.73 Å². The summed E-state index contributed by atoms with van der Waals surface area (Å²) in [6, 6.07) is 7.79. The normalized spacial score (nSPS) is 10.9. The van der Waals surface area contributed by atoms with Crippen molar-refractivity contribution in [2.45, 2.75) is 19.9 Å². The highest BCUT2D eigenvalue weighted by atomic mass is 15.5. The van der Waals surface area contributed by atoms with E-state index in [1.54, 1.807) is 4.68 Å². The number of anilines is 1. The molecule has 0 saturated heterocycles. The van der Waals surface area contributed by atoms with E-state index < -0.39 is 0 Å². The largest absolute Gasteiger partial charge is 0.398 e. The van der Waals surface area contributed by atoms with Gasteiger partial charge in [-0.1, -0.05) is 12.1 Å². The molecule has 0 aliphatic heterocycles. The van der Waals surface area contributed by atoms with Crippen LogP contribution in [0.15, 0.2) is 24.3 Å². The minimum atomic E-state index is 0.217. The zero-order valence-corrected chi connectivity index (χ0v) is 8.75. The minimum absolute atomic E-state index is 0.217. The molecule has 0 aliphatic carbocycles. The number of hydrogen-bond donors (Lipinski definition) is 1. The van der Waals surface area contributed by atoms with Crippen LogP contribution in [0.3, 0.4) is 0 Å². The third-order valence-corrected chi connectivity index (χ3v) is 2.18. The first-order valence-electron chi connectivity index (χ1n) is 4.83. The van der Waals surface area contributed by atoms with Crippen LogP contribution in [0.1, 0.15) is 19.9 Å². The maximum Gasteiger partial charge on any atom is 0.184 e. The Labute approximate surface area is 87.9 Å². The van der Waals surface area contributed by atoms with Crippen molar-refractivity contribution < 1.29 is 0 Å². The fourth-order valence-electron chi connectivity index (χ4n) is 1.42. The Kier molecular flexibility index (Phi) is 2.37. The number of para-hydroxylation sites is 1. The SMILES string of the molecule is CC(C)n1nnnc1-c1ccccc1N. The molecule has 1 heterocycles. The molecule has 1 aromatic carbocycles. The van der Waals surface area contributed by atoms with Gasteiger partial charge < -0.3 is 5.73 Å². The monoisotopic (exact) mass is 203 g/mol. The average molecular weight is 203 g/mol. The van der Waals surface area contributed by atoms with Crippen LogP contribution in [0.5, 0.6) is 0 Å². The Morgan fingerprint density at radius 2 is 2.00 bits per heavy atom. The molecule has 5 nitrogen and oxygen atoms in total. The van der Waals surface area contributed by atoms with Crippen molar-refractivity contribution in [2.24, 2.45) is 0 Å². The van der Waals surface area contributed by atoms with Gasteiger partial charge in [-0.3, -0.25) is 0 Å². The quantitative estimate of drug-likeness (QED) is 0.751. The molecule has 15 heavy (non-hydrogen) atoms. The lowest BCUT2D eigenvalue weighted by Gasteiger charge is -2.08. The van der Waals surface area contributed by atoms with Crippen LogP contribution in [0, 0.1) is 0 Å². The summed E-state index contributed by atoms with van der Waals surface area (Å²) in [4.78, 5) is 0. The van der Waals surface area contributed by atoms with Crippen LogP contribution >= 0.6 is 0 Å². The summed E-state index contributed by atoms with van der Waals surface area (Å²) in [5.41, 5.74) is 7.43. The van der Waals surface area contributed by atoms with Crippen molar-refractivity contribution in [1.29, 1.82) is 0 Å². The molecule has 78 valence electrons. The molecule has 0 saturated carbocycles. The number of hydrogen-bond acceptors (Lipinski definition) is 4. The lowest BCUT2D eigenvalue weighted by atomic mass is 10.1. The summed E-state index contributed by atoms with van der Waals surface area (Å²) in [5.74, 6) is 0.711. The van der Waals surface area contributed by atoms with E-state index in [1.165, 1.54) is 0 Å². The predicted octanol–water partition coefficient (Wildman–Crippen LogP) is 1.50. The zero-order valence-electron chi connectivity index (χ0n) is 8.75. The van der Waals surface area contributed by atoms with E-state index in [4.69, 9.17) is 5.73 Å². The van der Waals surface area contributed by atoms with Gasteiger partial charge in [-0.2, -0.15) is 0 Å². The van der Waals surface area contributed by atoms with Crippen molar-refractivity contribution >= 4 is 5.69 Å². The fraction of sp³-hybridized carbons (Fsp3) is 0.300. The van der Waals surface area contributed by atoms with Crippen molar-refractivity contribution in [3.8, 4) is 11.4 Å². The van der Waals surface area contributed by atoms with Crippen LogP contribution in [-0.4, -0.2) is 20.2 Å². The van der Waals surface area contributed by atoms with Gasteiger partial charge >= 0.3 is 0 Å². The number of tetrazole rings is 1. The van der Waals surface area contributed by atoms with Crippen LogP contribution in [0.25, 0.3) is 11.4 Å². The molecule has 0 aliphatic rings. The predicted molar refractivity (Wildman–Crippen MR) is 58.1 cm³/mol. The van der Waals surface area contributed by atoms with Crippen molar-refractivity contribution in [1.82, 2.24) is 20.2 Å². The van der Waals surface area contributed by atoms with Gasteiger partial charge in [0.2, 0.25) is 0 Å². The number of nitrogens with zero attached hydrogens (tertiary/aromatic N) is 4. The highest BCUT2D eigenvalue weighted by molar-refractivity contribution is 5.70. The topological polar surface area (TPSA) is 69.6 Å². The summed E-state index contributed by atoms with van der Waals surface area (Å²) < 4.78 is 1.76. The Bertz CT molecular complexity index is 460. The van der Waals surface area contributed by atoms with E-state index in [0.29, 0.717) is 11.5 Å². The van der Waals surface area contributed by atoms with Gasteiger partial charge in [0.05, 0.1) is 6.04 Å². The highest BCUT2D eigenvalue weighted by Crippen LogP contribution is 2.24. The Morgan fingerprint density at radius 1 is 1.27 bits per heavy atom. The summed E-state index contributed by atoms with van der Waals surface area (Å²) >= 11 is 0. The summed E-state index contributed by atoms with van der Waals surface area (Å²) in [5, 5.41) is 11.6. The van der Waals surface area contributed by atoms with Gasteiger partial charge in [-0.15, -0.1) is 5.10 Å². The second kappa shape index (κ2) is 3.68. The molecule has 0 atom stereocenters. The number of nitrogens with two attached hydrogens (primary N) is 1. The summed E-state index contributed by atoms with van der Waals surface area (Å²) in [7, 11) is 0. The molecular weight excluding hydrogens is 190 g/mol. The number of benzene rings is 1. The average Bonchev–Trinajstić information content (AvgIpc) is 2.67. The second-order valence-corrected chi connectivity index (χ2v) is 3.63. The Morgan fingerprint density at radius 3 is 2.67 bits per heavy atom. The standard InChI is InChI=1S/C10H13N5/c1-7(2)15-10(12-13-14-15)8-5-3-4-6-9(8)11/h3-7H,11H2,1-2H3. The smallest absolute Gasteiger partial charge is 0.184 e. The van der Waals surface area contributed by atoms with Crippen molar-refractivity contribution in [2.75, 3.05) is 5.73 Å². The van der Waals surface area contributed by atoms with E-state index in [0.717, 1.165) is 5.56 Å². The number of rotatable bonds is 2. The van der Waals surface area contributed by atoms with Crippen LogP contribution in [0.4, 0.5) is 5.69 Å². The first kappa shape index (κ1) is 9.64.